The molecule has 0 unspecified atom stereocenters. The van der Waals surface area contributed by atoms with Gasteiger partial charge in [-0.1, -0.05) is 43.1 Å². The molecule has 1 rings (SSSR count). The Balaban J connectivity index is 3.22. The molecule has 106 valence electrons. The van der Waals surface area contributed by atoms with Gasteiger partial charge in [0.05, 0.1) is 10.0 Å². The van der Waals surface area contributed by atoms with E-state index < -0.39 is 28.0 Å². The molecule has 1 atom stereocenters. The van der Waals surface area contributed by atoms with E-state index in [1.807, 2.05) is 0 Å². The van der Waals surface area contributed by atoms with Crippen LogP contribution >= 0.6 is 23.2 Å². The van der Waals surface area contributed by atoms with Gasteiger partial charge in [-0.2, -0.15) is 4.72 Å². The molecule has 0 fully saturated rings. The molecule has 1 aromatic rings. The molecule has 2 N–H and O–H groups in total. The highest BCUT2D eigenvalue weighted by Crippen LogP contribution is 2.29. The third-order valence-electron chi connectivity index (χ3n) is 2.40. The second kappa shape index (κ2) is 6.09. The minimum absolute atomic E-state index is 0.0621. The fourth-order valence-electron chi connectivity index (χ4n) is 1.44. The molecule has 0 amide bonds. The molecule has 0 aliphatic heterocycles. The Morgan fingerprint density at radius 1 is 1.26 bits per heavy atom. The summed E-state index contributed by atoms with van der Waals surface area (Å²) < 4.78 is 26.4. The van der Waals surface area contributed by atoms with Gasteiger partial charge in [0, 0.05) is 0 Å². The highest BCUT2D eigenvalue weighted by Gasteiger charge is 2.30. The van der Waals surface area contributed by atoms with Crippen molar-refractivity contribution in [2.75, 3.05) is 0 Å². The summed E-state index contributed by atoms with van der Waals surface area (Å²) in [7, 11) is -4.11. The van der Waals surface area contributed by atoms with E-state index in [2.05, 4.69) is 4.72 Å². The predicted molar refractivity (Wildman–Crippen MR) is 73.0 cm³/mol. The number of benzene rings is 1. The highest BCUT2D eigenvalue weighted by molar-refractivity contribution is 7.89. The zero-order chi connectivity index (χ0) is 14.8. The summed E-state index contributed by atoms with van der Waals surface area (Å²) in [6, 6.07) is 2.98. The zero-order valence-corrected chi connectivity index (χ0v) is 12.6. The van der Waals surface area contributed by atoms with E-state index in [1.54, 1.807) is 13.8 Å². The predicted octanol–water partition coefficient (Wildman–Crippen LogP) is 2.38. The third kappa shape index (κ3) is 3.82. The molecule has 0 bridgehead atoms. The summed E-state index contributed by atoms with van der Waals surface area (Å²) >= 11 is 11.6. The van der Waals surface area contributed by atoms with E-state index >= 15 is 0 Å². The number of halogens is 2. The molecule has 0 radical (unpaired) electrons. The van der Waals surface area contributed by atoms with Crippen molar-refractivity contribution in [3.05, 3.63) is 28.2 Å². The van der Waals surface area contributed by atoms with Gasteiger partial charge in [-0.3, -0.25) is 4.79 Å². The number of carboxylic acid groups (broad SMARTS) is 1. The Kier molecular flexibility index (Phi) is 5.20. The van der Waals surface area contributed by atoms with E-state index in [1.165, 1.54) is 18.2 Å². The first kappa shape index (κ1) is 16.2. The van der Waals surface area contributed by atoms with E-state index in [0.29, 0.717) is 0 Å². The van der Waals surface area contributed by atoms with Gasteiger partial charge in [0.1, 0.15) is 10.9 Å². The van der Waals surface area contributed by atoms with Crippen molar-refractivity contribution in [3.8, 4) is 0 Å². The maximum Gasteiger partial charge on any atom is 0.322 e. The molecule has 0 saturated carbocycles. The van der Waals surface area contributed by atoms with Gasteiger partial charge in [0.25, 0.3) is 0 Å². The van der Waals surface area contributed by atoms with Gasteiger partial charge in [0.2, 0.25) is 10.0 Å². The second-order valence-corrected chi connectivity index (χ2v) is 6.70. The number of carbonyl (C=O) groups is 1. The van der Waals surface area contributed by atoms with Crippen molar-refractivity contribution in [2.45, 2.75) is 24.8 Å². The van der Waals surface area contributed by atoms with Crippen LogP contribution in [-0.2, 0) is 14.8 Å². The number of hydrogen-bond acceptors (Lipinski definition) is 3. The van der Waals surface area contributed by atoms with Crippen LogP contribution in [0.25, 0.3) is 0 Å². The summed E-state index contributed by atoms with van der Waals surface area (Å²) in [6.45, 7) is 3.19. The van der Waals surface area contributed by atoms with Crippen LogP contribution in [0.15, 0.2) is 23.1 Å². The topological polar surface area (TPSA) is 83.5 Å². The van der Waals surface area contributed by atoms with E-state index in [0.717, 1.165) is 0 Å². The number of sulfonamides is 1. The lowest BCUT2D eigenvalue weighted by molar-refractivity contribution is -0.140. The average Bonchev–Trinajstić information content (AvgIpc) is 2.24. The van der Waals surface area contributed by atoms with Crippen molar-refractivity contribution in [2.24, 2.45) is 5.92 Å². The quantitative estimate of drug-likeness (QED) is 0.870. The van der Waals surface area contributed by atoms with Gasteiger partial charge in [-0.15, -0.1) is 0 Å². The molecule has 19 heavy (non-hydrogen) atoms. The van der Waals surface area contributed by atoms with Crippen molar-refractivity contribution in [1.29, 1.82) is 0 Å². The van der Waals surface area contributed by atoms with Crippen molar-refractivity contribution in [3.63, 3.8) is 0 Å². The first-order valence-electron chi connectivity index (χ1n) is 5.36. The lowest BCUT2D eigenvalue weighted by Gasteiger charge is -2.18. The lowest BCUT2D eigenvalue weighted by Crippen LogP contribution is -2.44. The Bertz CT molecular complexity index is 566. The van der Waals surface area contributed by atoms with Gasteiger partial charge in [-0.05, 0) is 18.1 Å². The van der Waals surface area contributed by atoms with Crippen molar-refractivity contribution in [1.82, 2.24) is 4.72 Å². The largest absolute Gasteiger partial charge is 0.480 e. The monoisotopic (exact) mass is 325 g/mol. The minimum atomic E-state index is -4.11. The van der Waals surface area contributed by atoms with Crippen LogP contribution in [0.4, 0.5) is 0 Å². The lowest BCUT2D eigenvalue weighted by atomic mass is 10.1. The van der Waals surface area contributed by atoms with Gasteiger partial charge in [0.15, 0.2) is 0 Å². The maximum absolute atomic E-state index is 12.1. The highest BCUT2D eigenvalue weighted by atomic mass is 35.5. The number of aliphatic carboxylic acids is 1. The average molecular weight is 326 g/mol. The molecule has 5 nitrogen and oxygen atoms in total. The summed E-state index contributed by atoms with van der Waals surface area (Å²) in [5, 5.41) is 8.88. The standard InChI is InChI=1S/C11H13Cl2NO4S/c1-6(2)9(11(15)16)14-19(17,18)10-7(12)4-3-5-8(10)13/h3-6,9,14H,1-2H3,(H,15,16)/t9-/m0/s1. The molecular formula is C11H13Cl2NO4S. The molecule has 0 aliphatic rings. The summed E-state index contributed by atoms with van der Waals surface area (Å²) in [4.78, 5) is 10.7. The SMILES string of the molecule is CC(C)[C@H](NS(=O)(=O)c1c(Cl)cccc1Cl)C(=O)O. The number of rotatable bonds is 5. The number of hydrogen-bond donors (Lipinski definition) is 2. The number of carboxylic acids is 1. The maximum atomic E-state index is 12.1. The van der Waals surface area contributed by atoms with Gasteiger partial charge in [-0.25, -0.2) is 8.42 Å². The van der Waals surface area contributed by atoms with Gasteiger partial charge < -0.3 is 5.11 Å². The van der Waals surface area contributed by atoms with Crippen LogP contribution in [-0.4, -0.2) is 25.5 Å². The number of nitrogens with one attached hydrogen (secondary N) is 1. The van der Waals surface area contributed by atoms with E-state index in [-0.39, 0.29) is 14.9 Å². The molecule has 0 saturated heterocycles. The normalized spacial score (nSPS) is 13.5. The summed E-state index contributed by atoms with van der Waals surface area (Å²) in [5.41, 5.74) is 0. The first-order chi connectivity index (χ1) is 8.66. The second-order valence-electron chi connectivity index (χ2n) is 4.23. The van der Waals surface area contributed by atoms with Crippen LogP contribution in [0.1, 0.15) is 13.8 Å². The molecule has 1 aromatic carbocycles. The molecular weight excluding hydrogens is 313 g/mol. The molecule has 8 heteroatoms. The van der Waals surface area contributed by atoms with E-state index in [9.17, 15) is 13.2 Å². The van der Waals surface area contributed by atoms with Crippen molar-refractivity contribution >= 4 is 39.2 Å². The van der Waals surface area contributed by atoms with Crippen LogP contribution in [0, 0.1) is 5.92 Å². The van der Waals surface area contributed by atoms with Crippen LogP contribution < -0.4 is 4.72 Å². The Morgan fingerprint density at radius 3 is 2.11 bits per heavy atom. The Labute approximate surface area is 121 Å². The van der Waals surface area contributed by atoms with Gasteiger partial charge >= 0.3 is 5.97 Å². The first-order valence-corrected chi connectivity index (χ1v) is 7.60. The fourth-order valence-corrected chi connectivity index (χ4v) is 3.92. The smallest absolute Gasteiger partial charge is 0.322 e. The van der Waals surface area contributed by atoms with Crippen LogP contribution in [0.3, 0.4) is 0 Å². The Hall–Kier alpha value is -0.820. The third-order valence-corrected chi connectivity index (χ3v) is 4.80. The minimum Gasteiger partial charge on any atom is -0.480 e. The summed E-state index contributed by atoms with van der Waals surface area (Å²) in [5.74, 6) is -1.68. The van der Waals surface area contributed by atoms with E-state index in [4.69, 9.17) is 28.3 Å². The van der Waals surface area contributed by atoms with Crippen LogP contribution in [0.2, 0.25) is 10.0 Å². The molecule has 0 aromatic heterocycles. The van der Waals surface area contributed by atoms with Crippen molar-refractivity contribution < 1.29 is 18.3 Å². The Morgan fingerprint density at radius 2 is 1.74 bits per heavy atom. The molecule has 0 aliphatic carbocycles. The fraction of sp³-hybridized carbons (Fsp3) is 0.364. The molecule has 0 spiro atoms. The zero-order valence-electron chi connectivity index (χ0n) is 10.2. The van der Waals surface area contributed by atoms with Crippen LogP contribution in [0.5, 0.6) is 0 Å². The molecule has 0 heterocycles. The summed E-state index contributed by atoms with van der Waals surface area (Å²) in [6.07, 6.45) is 0.